The van der Waals surface area contributed by atoms with Crippen LogP contribution in [0.1, 0.15) is 31.7 Å². The number of hydrogen-bond acceptors (Lipinski definition) is 2. The fourth-order valence-corrected chi connectivity index (χ4v) is 3.62. The Morgan fingerprint density at radius 1 is 1.35 bits per heavy atom. The number of hydrogen-bond donors (Lipinski definition) is 0. The molecule has 0 radical (unpaired) electrons. The van der Waals surface area contributed by atoms with Crippen molar-refractivity contribution in [3.63, 3.8) is 0 Å². The molecule has 1 heterocycles. The summed E-state index contributed by atoms with van der Waals surface area (Å²) in [6.07, 6.45) is 3.50. The largest absolute Gasteiger partial charge is 0.339 e. The second-order valence-corrected chi connectivity index (χ2v) is 6.97. The van der Waals surface area contributed by atoms with E-state index < -0.39 is 0 Å². The van der Waals surface area contributed by atoms with Crippen LogP contribution < -0.4 is 0 Å². The Labute approximate surface area is 134 Å². The summed E-state index contributed by atoms with van der Waals surface area (Å²) in [6, 6.07) is 6.01. The van der Waals surface area contributed by atoms with Crippen LogP contribution in [-0.4, -0.2) is 29.1 Å². The smallest absolute Gasteiger partial charge is 0.232 e. The first-order valence-electron chi connectivity index (χ1n) is 6.89. The van der Waals surface area contributed by atoms with Crippen molar-refractivity contribution in [2.45, 2.75) is 38.0 Å². The minimum Gasteiger partial charge on any atom is -0.339 e. The van der Waals surface area contributed by atoms with E-state index in [0.29, 0.717) is 21.8 Å². The maximum absolute atomic E-state index is 12.2. The van der Waals surface area contributed by atoms with E-state index in [-0.39, 0.29) is 5.91 Å². The summed E-state index contributed by atoms with van der Waals surface area (Å²) in [5.41, 5.74) is 1.10. The number of amides is 1. The number of rotatable bonds is 4. The third kappa shape index (κ3) is 4.31. The minimum absolute atomic E-state index is 0.252. The molecule has 0 N–H and O–H groups in total. The second kappa shape index (κ2) is 7.58. The number of benzene rings is 1. The molecule has 110 valence electrons. The summed E-state index contributed by atoms with van der Waals surface area (Å²) < 4.78 is 0. The number of thioether (sulfide) groups is 1. The van der Waals surface area contributed by atoms with E-state index in [4.69, 9.17) is 23.2 Å². The molecule has 1 amide bonds. The molecule has 20 heavy (non-hydrogen) atoms. The van der Waals surface area contributed by atoms with Crippen molar-refractivity contribution in [3.05, 3.63) is 33.8 Å². The lowest BCUT2D eigenvalue weighted by Crippen LogP contribution is -2.42. The Kier molecular flexibility index (Phi) is 6.06. The van der Waals surface area contributed by atoms with Crippen LogP contribution in [0.3, 0.4) is 0 Å². The number of carbonyl (C=O) groups is 1. The topological polar surface area (TPSA) is 20.3 Å². The van der Waals surface area contributed by atoms with Crippen LogP contribution in [0.4, 0.5) is 0 Å². The molecule has 1 fully saturated rings. The van der Waals surface area contributed by atoms with Gasteiger partial charge in [-0.2, -0.15) is 0 Å². The minimum atomic E-state index is 0.252. The third-order valence-corrected chi connectivity index (χ3v) is 5.33. The molecule has 2 nitrogen and oxygen atoms in total. The van der Waals surface area contributed by atoms with E-state index >= 15 is 0 Å². The van der Waals surface area contributed by atoms with E-state index in [1.165, 1.54) is 6.42 Å². The SMILES string of the molecule is C[C@H]1CCCCN1C(=O)CSCc1ccc(Cl)c(Cl)c1. The molecule has 0 bridgehead atoms. The highest BCUT2D eigenvalue weighted by Crippen LogP contribution is 2.25. The average Bonchev–Trinajstić information content (AvgIpc) is 2.43. The fraction of sp³-hybridized carbons (Fsp3) is 0.533. The van der Waals surface area contributed by atoms with Crippen LogP contribution in [0.15, 0.2) is 18.2 Å². The summed E-state index contributed by atoms with van der Waals surface area (Å²) in [4.78, 5) is 14.2. The number of carbonyl (C=O) groups excluding carboxylic acids is 1. The summed E-state index contributed by atoms with van der Waals surface area (Å²) in [6.45, 7) is 3.05. The Morgan fingerprint density at radius 2 is 2.15 bits per heavy atom. The van der Waals surface area contributed by atoms with Gasteiger partial charge < -0.3 is 4.90 Å². The summed E-state index contributed by atoms with van der Waals surface area (Å²) in [5, 5.41) is 1.14. The molecule has 1 saturated heterocycles. The molecule has 0 aromatic heterocycles. The molecule has 0 unspecified atom stereocenters. The van der Waals surface area contributed by atoms with Crippen molar-refractivity contribution >= 4 is 40.9 Å². The molecule has 5 heteroatoms. The zero-order chi connectivity index (χ0) is 14.5. The van der Waals surface area contributed by atoms with Crippen molar-refractivity contribution in [3.8, 4) is 0 Å². The van der Waals surface area contributed by atoms with Gasteiger partial charge in [0.15, 0.2) is 0 Å². The van der Waals surface area contributed by atoms with Gasteiger partial charge >= 0.3 is 0 Å². The van der Waals surface area contributed by atoms with Gasteiger partial charge in [-0.1, -0.05) is 29.3 Å². The number of nitrogens with zero attached hydrogens (tertiary/aromatic N) is 1. The van der Waals surface area contributed by atoms with Crippen LogP contribution in [0.5, 0.6) is 0 Å². The predicted molar refractivity (Wildman–Crippen MR) is 87.7 cm³/mol. The standard InChI is InChI=1S/C15H19Cl2NOS/c1-11-4-2-3-7-18(11)15(19)10-20-9-12-5-6-13(16)14(17)8-12/h5-6,8,11H,2-4,7,9-10H2,1H3/t11-/m0/s1. The highest BCUT2D eigenvalue weighted by atomic mass is 35.5. The molecule has 2 rings (SSSR count). The molecule has 0 saturated carbocycles. The maximum atomic E-state index is 12.2. The normalized spacial score (nSPS) is 19.1. The van der Waals surface area contributed by atoms with Crippen LogP contribution in [0.25, 0.3) is 0 Å². The van der Waals surface area contributed by atoms with E-state index in [1.54, 1.807) is 17.8 Å². The third-order valence-electron chi connectivity index (χ3n) is 3.60. The van der Waals surface area contributed by atoms with Gasteiger partial charge in [0.05, 0.1) is 15.8 Å². The Bertz CT molecular complexity index is 481. The lowest BCUT2D eigenvalue weighted by molar-refractivity contribution is -0.131. The Hall–Kier alpha value is -0.380. The number of likely N-dealkylation sites (tertiary alicyclic amines) is 1. The summed E-state index contributed by atoms with van der Waals surface area (Å²) >= 11 is 13.5. The number of halogens is 2. The van der Waals surface area contributed by atoms with E-state index in [9.17, 15) is 4.79 Å². The lowest BCUT2D eigenvalue weighted by atomic mass is 10.0. The number of piperidine rings is 1. The molecular formula is C15H19Cl2NOS. The van der Waals surface area contributed by atoms with Crippen LogP contribution in [0.2, 0.25) is 10.0 Å². The second-order valence-electron chi connectivity index (χ2n) is 5.17. The van der Waals surface area contributed by atoms with E-state index in [2.05, 4.69) is 6.92 Å². The van der Waals surface area contributed by atoms with Crippen LogP contribution in [-0.2, 0) is 10.5 Å². The van der Waals surface area contributed by atoms with Gasteiger partial charge in [-0.15, -0.1) is 11.8 Å². The molecule has 1 aliphatic heterocycles. The molecule has 1 aliphatic rings. The molecular weight excluding hydrogens is 313 g/mol. The van der Waals surface area contributed by atoms with Crippen LogP contribution in [0, 0.1) is 0 Å². The average molecular weight is 332 g/mol. The fourth-order valence-electron chi connectivity index (χ4n) is 2.44. The van der Waals surface area contributed by atoms with Gasteiger partial charge in [0.25, 0.3) is 0 Å². The molecule has 0 spiro atoms. The van der Waals surface area contributed by atoms with Crippen molar-refractivity contribution in [1.82, 2.24) is 4.90 Å². The first-order valence-corrected chi connectivity index (χ1v) is 8.80. The van der Waals surface area contributed by atoms with Crippen molar-refractivity contribution in [2.75, 3.05) is 12.3 Å². The highest BCUT2D eigenvalue weighted by Gasteiger charge is 2.22. The van der Waals surface area contributed by atoms with Crippen molar-refractivity contribution in [1.29, 1.82) is 0 Å². The molecule has 1 aromatic carbocycles. The van der Waals surface area contributed by atoms with Crippen LogP contribution >= 0.6 is 35.0 Å². The lowest BCUT2D eigenvalue weighted by Gasteiger charge is -2.33. The maximum Gasteiger partial charge on any atom is 0.232 e. The van der Waals surface area contributed by atoms with Gasteiger partial charge in [0, 0.05) is 18.3 Å². The van der Waals surface area contributed by atoms with Crippen molar-refractivity contribution < 1.29 is 4.79 Å². The molecule has 1 aromatic rings. The predicted octanol–water partition coefficient (Wildman–Crippen LogP) is 4.63. The van der Waals surface area contributed by atoms with Gasteiger partial charge in [-0.25, -0.2) is 0 Å². The monoisotopic (exact) mass is 331 g/mol. The van der Waals surface area contributed by atoms with Gasteiger partial charge in [-0.05, 0) is 43.9 Å². The zero-order valence-electron chi connectivity index (χ0n) is 11.6. The van der Waals surface area contributed by atoms with E-state index in [0.717, 1.165) is 30.7 Å². The summed E-state index contributed by atoms with van der Waals surface area (Å²) in [7, 11) is 0. The van der Waals surface area contributed by atoms with Gasteiger partial charge in [0.1, 0.15) is 0 Å². The van der Waals surface area contributed by atoms with Gasteiger partial charge in [-0.3, -0.25) is 4.79 Å². The van der Waals surface area contributed by atoms with Crippen molar-refractivity contribution in [2.24, 2.45) is 0 Å². The first kappa shape index (κ1) is 16.0. The highest BCUT2D eigenvalue weighted by molar-refractivity contribution is 7.99. The Morgan fingerprint density at radius 3 is 2.85 bits per heavy atom. The quantitative estimate of drug-likeness (QED) is 0.801. The molecule has 1 atom stereocenters. The summed E-state index contributed by atoms with van der Waals surface area (Å²) in [5.74, 6) is 1.57. The van der Waals surface area contributed by atoms with E-state index in [1.807, 2.05) is 17.0 Å². The van der Waals surface area contributed by atoms with Gasteiger partial charge in [0.2, 0.25) is 5.91 Å². The first-order chi connectivity index (χ1) is 9.58. The zero-order valence-corrected chi connectivity index (χ0v) is 13.9. The Balaban J connectivity index is 1.80. The molecule has 0 aliphatic carbocycles.